The Hall–Kier alpha value is -3.04. The number of hydrogen-bond donors (Lipinski definition) is 2. The number of hydrazine groups is 1. The topological polar surface area (TPSA) is 120 Å². The molecule has 1 atom stereocenters. The van der Waals surface area contributed by atoms with Gasteiger partial charge in [-0.05, 0) is 37.3 Å². The molecule has 2 amide bonds. The van der Waals surface area contributed by atoms with E-state index in [2.05, 4.69) is 10.9 Å². The van der Waals surface area contributed by atoms with E-state index in [-0.39, 0.29) is 22.2 Å². The van der Waals surface area contributed by atoms with Gasteiger partial charge in [-0.1, -0.05) is 23.2 Å². The molecule has 148 valence electrons. The number of nitro groups is 1. The van der Waals surface area contributed by atoms with Crippen LogP contribution in [-0.2, 0) is 9.59 Å². The largest absolute Gasteiger partial charge is 0.484 e. The zero-order chi connectivity index (χ0) is 20.7. The number of ether oxygens (including phenoxy) is 2. The van der Waals surface area contributed by atoms with E-state index in [9.17, 15) is 19.7 Å². The minimum absolute atomic E-state index is 0.0983. The molecule has 2 aromatic rings. The number of hydrogen-bond acceptors (Lipinski definition) is 6. The number of benzene rings is 2. The Bertz CT molecular complexity index is 876. The number of halogens is 2. The van der Waals surface area contributed by atoms with Gasteiger partial charge < -0.3 is 9.47 Å². The van der Waals surface area contributed by atoms with Crippen LogP contribution in [0.1, 0.15) is 6.92 Å². The number of nitro benzene ring substituents is 1. The molecule has 0 aromatic heterocycles. The molecule has 0 heterocycles. The minimum atomic E-state index is -0.949. The number of rotatable bonds is 7. The van der Waals surface area contributed by atoms with Gasteiger partial charge in [0.05, 0.1) is 9.95 Å². The van der Waals surface area contributed by atoms with E-state index in [1.54, 1.807) is 6.07 Å². The molecule has 28 heavy (non-hydrogen) atoms. The number of non-ortho nitro benzene ring substituents is 1. The smallest absolute Gasteiger partial charge is 0.279 e. The second-order valence-corrected chi connectivity index (χ2v) is 6.26. The lowest BCUT2D eigenvalue weighted by molar-refractivity contribution is -0.384. The summed E-state index contributed by atoms with van der Waals surface area (Å²) < 4.78 is 10.6. The van der Waals surface area contributed by atoms with Crippen molar-refractivity contribution in [1.29, 1.82) is 0 Å². The number of carbonyl (C=O) groups excluding carboxylic acids is 2. The van der Waals surface area contributed by atoms with E-state index in [4.69, 9.17) is 32.7 Å². The van der Waals surface area contributed by atoms with E-state index >= 15 is 0 Å². The quantitative estimate of drug-likeness (QED) is 0.517. The first-order valence-electron chi connectivity index (χ1n) is 7.84. The lowest BCUT2D eigenvalue weighted by atomic mass is 10.3. The third-order valence-corrected chi connectivity index (χ3v) is 3.84. The molecular weight excluding hydrogens is 413 g/mol. The molecule has 0 bridgehead atoms. The molecule has 2 N–H and O–H groups in total. The van der Waals surface area contributed by atoms with Crippen LogP contribution in [0.3, 0.4) is 0 Å². The van der Waals surface area contributed by atoms with Gasteiger partial charge in [-0.2, -0.15) is 0 Å². The molecule has 0 aliphatic carbocycles. The standard InChI is InChI=1S/C17H15Cl2N3O6/c1-10(28-15-7-2-11(18)8-14(15)19)17(24)21-20-16(23)9-27-13-5-3-12(4-6-13)22(25)26/h2-8,10H,9H2,1H3,(H,20,23)(H,21,24). The van der Waals surface area contributed by atoms with Crippen molar-refractivity contribution in [3.05, 3.63) is 62.6 Å². The molecule has 2 aromatic carbocycles. The summed E-state index contributed by atoms with van der Waals surface area (Å²) in [6.45, 7) is 1.07. The molecule has 0 saturated heterocycles. The predicted molar refractivity (Wildman–Crippen MR) is 101 cm³/mol. The number of carbonyl (C=O) groups is 2. The fourth-order valence-electron chi connectivity index (χ4n) is 1.90. The van der Waals surface area contributed by atoms with Gasteiger partial charge >= 0.3 is 0 Å². The average Bonchev–Trinajstić information content (AvgIpc) is 2.66. The highest BCUT2D eigenvalue weighted by Crippen LogP contribution is 2.28. The van der Waals surface area contributed by atoms with Crippen LogP contribution in [0.4, 0.5) is 5.69 Å². The van der Waals surface area contributed by atoms with Gasteiger partial charge in [-0.25, -0.2) is 0 Å². The van der Waals surface area contributed by atoms with Crippen LogP contribution in [0.5, 0.6) is 11.5 Å². The first-order chi connectivity index (χ1) is 13.3. The van der Waals surface area contributed by atoms with Crippen molar-refractivity contribution in [1.82, 2.24) is 10.9 Å². The Morgan fingerprint density at radius 2 is 1.82 bits per heavy atom. The van der Waals surface area contributed by atoms with Crippen molar-refractivity contribution in [2.45, 2.75) is 13.0 Å². The summed E-state index contributed by atoms with van der Waals surface area (Å²) in [4.78, 5) is 33.7. The SMILES string of the molecule is CC(Oc1ccc(Cl)cc1Cl)C(=O)NNC(=O)COc1ccc([N+](=O)[O-])cc1. The van der Waals surface area contributed by atoms with Gasteiger partial charge in [0, 0.05) is 17.2 Å². The second-order valence-electron chi connectivity index (χ2n) is 5.41. The van der Waals surface area contributed by atoms with Crippen LogP contribution in [-0.4, -0.2) is 29.4 Å². The first-order valence-corrected chi connectivity index (χ1v) is 8.59. The third-order valence-electron chi connectivity index (χ3n) is 3.31. The maximum Gasteiger partial charge on any atom is 0.279 e. The predicted octanol–water partition coefficient (Wildman–Crippen LogP) is 2.90. The highest BCUT2D eigenvalue weighted by atomic mass is 35.5. The van der Waals surface area contributed by atoms with E-state index in [0.717, 1.165) is 0 Å². The fraction of sp³-hybridized carbons (Fsp3) is 0.176. The van der Waals surface area contributed by atoms with Crippen LogP contribution >= 0.6 is 23.2 Å². The van der Waals surface area contributed by atoms with Crippen molar-refractivity contribution in [3.63, 3.8) is 0 Å². The Labute approximate surface area is 169 Å². The number of nitrogens with one attached hydrogen (secondary N) is 2. The van der Waals surface area contributed by atoms with Crippen LogP contribution in [0, 0.1) is 10.1 Å². The van der Waals surface area contributed by atoms with E-state index in [1.165, 1.54) is 43.3 Å². The highest BCUT2D eigenvalue weighted by molar-refractivity contribution is 6.35. The molecule has 2 rings (SSSR count). The van der Waals surface area contributed by atoms with Gasteiger partial charge in [-0.3, -0.25) is 30.6 Å². The molecule has 0 fully saturated rings. The molecule has 9 nitrogen and oxygen atoms in total. The van der Waals surface area contributed by atoms with Gasteiger partial charge in [0.15, 0.2) is 12.7 Å². The molecule has 0 radical (unpaired) electrons. The molecule has 1 unspecified atom stereocenters. The maximum atomic E-state index is 12.0. The van der Waals surface area contributed by atoms with E-state index in [1.807, 2.05) is 0 Å². The van der Waals surface area contributed by atoms with Crippen molar-refractivity contribution >= 4 is 40.7 Å². The first kappa shape index (κ1) is 21.3. The third kappa shape index (κ3) is 6.29. The second kappa shape index (κ2) is 9.77. The van der Waals surface area contributed by atoms with Crippen LogP contribution in [0.25, 0.3) is 0 Å². The van der Waals surface area contributed by atoms with E-state index < -0.39 is 29.4 Å². The summed E-state index contributed by atoms with van der Waals surface area (Å²) in [5, 5.41) is 11.2. The van der Waals surface area contributed by atoms with Gasteiger partial charge in [0.2, 0.25) is 0 Å². The number of amides is 2. The zero-order valence-corrected chi connectivity index (χ0v) is 16.0. The Morgan fingerprint density at radius 1 is 1.14 bits per heavy atom. The summed E-state index contributed by atoms with van der Waals surface area (Å²) in [5.41, 5.74) is 4.26. The highest BCUT2D eigenvalue weighted by Gasteiger charge is 2.17. The van der Waals surface area contributed by atoms with Crippen molar-refractivity contribution in [3.8, 4) is 11.5 Å². The Balaban J connectivity index is 1.76. The summed E-state index contributed by atoms with van der Waals surface area (Å²) in [6.07, 6.45) is -0.949. The molecule has 0 spiro atoms. The fourth-order valence-corrected chi connectivity index (χ4v) is 2.35. The van der Waals surface area contributed by atoms with Crippen LogP contribution in [0.2, 0.25) is 10.0 Å². The number of nitrogens with zero attached hydrogens (tertiary/aromatic N) is 1. The summed E-state index contributed by atoms with van der Waals surface area (Å²) in [6, 6.07) is 9.76. The average molecular weight is 428 g/mol. The molecule has 11 heteroatoms. The summed E-state index contributed by atoms with van der Waals surface area (Å²) >= 11 is 11.8. The lowest BCUT2D eigenvalue weighted by Gasteiger charge is -2.16. The normalized spacial score (nSPS) is 11.2. The molecular formula is C17H15Cl2N3O6. The summed E-state index contributed by atoms with van der Waals surface area (Å²) in [7, 11) is 0. The van der Waals surface area contributed by atoms with Gasteiger partial charge in [0.25, 0.3) is 17.5 Å². The monoisotopic (exact) mass is 427 g/mol. The minimum Gasteiger partial charge on any atom is -0.484 e. The van der Waals surface area contributed by atoms with Crippen molar-refractivity contribution in [2.24, 2.45) is 0 Å². The summed E-state index contributed by atoms with van der Waals surface area (Å²) in [5.74, 6) is -0.721. The Morgan fingerprint density at radius 3 is 2.43 bits per heavy atom. The van der Waals surface area contributed by atoms with Crippen LogP contribution < -0.4 is 20.3 Å². The van der Waals surface area contributed by atoms with Crippen molar-refractivity contribution in [2.75, 3.05) is 6.61 Å². The van der Waals surface area contributed by atoms with E-state index in [0.29, 0.717) is 5.02 Å². The zero-order valence-electron chi connectivity index (χ0n) is 14.5. The molecule has 0 aliphatic rings. The van der Waals surface area contributed by atoms with Gasteiger partial charge in [-0.15, -0.1) is 0 Å². The van der Waals surface area contributed by atoms with Crippen LogP contribution in [0.15, 0.2) is 42.5 Å². The van der Waals surface area contributed by atoms with Crippen molar-refractivity contribution < 1.29 is 24.0 Å². The lowest BCUT2D eigenvalue weighted by Crippen LogP contribution is -2.48. The molecule has 0 saturated carbocycles. The van der Waals surface area contributed by atoms with Gasteiger partial charge in [0.1, 0.15) is 11.5 Å². The Kier molecular flexibility index (Phi) is 7.42. The molecule has 0 aliphatic heterocycles. The maximum absolute atomic E-state index is 12.0.